The summed E-state index contributed by atoms with van der Waals surface area (Å²) in [4.78, 5) is 21.0. The SMILES string of the molecule is CNS(=O)(=O)c1ccccc1-n1c(=O)ccc2cnc(SC)nc21. The van der Waals surface area contributed by atoms with Gasteiger partial charge in [0.25, 0.3) is 5.56 Å². The van der Waals surface area contributed by atoms with Crippen molar-refractivity contribution in [1.29, 1.82) is 0 Å². The van der Waals surface area contributed by atoms with Gasteiger partial charge in [-0.2, -0.15) is 0 Å². The van der Waals surface area contributed by atoms with Crippen molar-refractivity contribution in [2.24, 2.45) is 0 Å². The van der Waals surface area contributed by atoms with Gasteiger partial charge in [0, 0.05) is 17.6 Å². The molecule has 0 bridgehead atoms. The number of thioether (sulfide) groups is 1. The van der Waals surface area contributed by atoms with Crippen molar-refractivity contribution >= 4 is 32.8 Å². The largest absolute Gasteiger partial charge is 0.269 e. The molecule has 1 aromatic carbocycles. The maximum absolute atomic E-state index is 12.5. The number of pyridine rings is 1. The van der Waals surface area contributed by atoms with Crippen LogP contribution in [0.3, 0.4) is 0 Å². The number of sulfonamides is 1. The highest BCUT2D eigenvalue weighted by Crippen LogP contribution is 2.22. The second kappa shape index (κ2) is 6.34. The summed E-state index contributed by atoms with van der Waals surface area (Å²) in [5.74, 6) is 0. The standard InChI is InChI=1S/C15H14N4O3S2/c1-16-24(21,22)12-6-4-3-5-11(12)19-13(20)8-7-10-9-17-15(23-2)18-14(10)19/h3-9,16H,1-2H3. The Kier molecular flexibility index (Phi) is 4.39. The normalized spacial score (nSPS) is 11.8. The van der Waals surface area contributed by atoms with Crippen molar-refractivity contribution in [2.75, 3.05) is 13.3 Å². The number of nitrogens with zero attached hydrogens (tertiary/aromatic N) is 3. The van der Waals surface area contributed by atoms with Crippen LogP contribution in [-0.4, -0.2) is 36.3 Å². The lowest BCUT2D eigenvalue weighted by Gasteiger charge is -2.14. The van der Waals surface area contributed by atoms with Crippen molar-refractivity contribution in [3.63, 3.8) is 0 Å². The third-order valence-electron chi connectivity index (χ3n) is 3.46. The minimum absolute atomic E-state index is 0.00594. The van der Waals surface area contributed by atoms with E-state index in [-0.39, 0.29) is 16.1 Å². The third kappa shape index (κ3) is 2.81. The Morgan fingerprint density at radius 1 is 1.17 bits per heavy atom. The molecule has 0 radical (unpaired) electrons. The van der Waals surface area contributed by atoms with Crippen LogP contribution < -0.4 is 10.3 Å². The molecule has 3 rings (SSSR count). The molecular weight excluding hydrogens is 348 g/mol. The molecule has 7 nitrogen and oxygen atoms in total. The van der Waals surface area contributed by atoms with Crippen molar-refractivity contribution in [3.05, 3.63) is 52.9 Å². The number of para-hydroxylation sites is 1. The van der Waals surface area contributed by atoms with E-state index >= 15 is 0 Å². The Hall–Kier alpha value is -2.23. The molecular formula is C15H14N4O3S2. The molecule has 0 atom stereocenters. The Bertz CT molecular complexity index is 1080. The van der Waals surface area contributed by atoms with Gasteiger partial charge < -0.3 is 0 Å². The zero-order chi connectivity index (χ0) is 17.3. The van der Waals surface area contributed by atoms with Gasteiger partial charge in [0.1, 0.15) is 4.90 Å². The van der Waals surface area contributed by atoms with Crippen LogP contribution in [0.5, 0.6) is 0 Å². The summed E-state index contributed by atoms with van der Waals surface area (Å²) in [6.45, 7) is 0. The minimum atomic E-state index is -3.74. The highest BCUT2D eigenvalue weighted by Gasteiger charge is 2.19. The van der Waals surface area contributed by atoms with E-state index in [1.807, 2.05) is 6.26 Å². The van der Waals surface area contributed by atoms with E-state index in [1.54, 1.807) is 30.5 Å². The molecule has 0 aliphatic rings. The third-order valence-corrected chi connectivity index (χ3v) is 5.48. The fourth-order valence-electron chi connectivity index (χ4n) is 2.31. The summed E-state index contributed by atoms with van der Waals surface area (Å²) < 4.78 is 28.2. The number of hydrogen-bond donors (Lipinski definition) is 1. The fraction of sp³-hybridized carbons (Fsp3) is 0.133. The number of benzene rings is 1. The zero-order valence-electron chi connectivity index (χ0n) is 12.9. The first-order valence-corrected chi connectivity index (χ1v) is 9.64. The summed E-state index contributed by atoms with van der Waals surface area (Å²) in [5.41, 5.74) is 0.237. The maximum Gasteiger partial charge on any atom is 0.256 e. The average molecular weight is 362 g/mol. The second-order valence-electron chi connectivity index (χ2n) is 4.82. The van der Waals surface area contributed by atoms with Crippen LogP contribution in [0.2, 0.25) is 0 Å². The van der Waals surface area contributed by atoms with Gasteiger partial charge in [0.2, 0.25) is 10.0 Å². The molecule has 2 heterocycles. The van der Waals surface area contributed by atoms with Crippen LogP contribution in [-0.2, 0) is 10.0 Å². The van der Waals surface area contributed by atoms with Crippen molar-refractivity contribution < 1.29 is 8.42 Å². The Labute approximate surface area is 142 Å². The topological polar surface area (TPSA) is 94.0 Å². The first-order chi connectivity index (χ1) is 11.5. The predicted octanol–water partition coefficient (Wildman–Crippen LogP) is 1.41. The Morgan fingerprint density at radius 2 is 1.92 bits per heavy atom. The number of hydrogen-bond acceptors (Lipinski definition) is 6. The molecule has 0 saturated carbocycles. The fourth-order valence-corrected chi connectivity index (χ4v) is 3.56. The van der Waals surface area contributed by atoms with Gasteiger partial charge in [-0.1, -0.05) is 23.9 Å². The van der Waals surface area contributed by atoms with Crippen LogP contribution >= 0.6 is 11.8 Å². The predicted molar refractivity (Wildman–Crippen MR) is 93.2 cm³/mol. The van der Waals surface area contributed by atoms with E-state index in [0.29, 0.717) is 16.2 Å². The van der Waals surface area contributed by atoms with Gasteiger partial charge in [0.15, 0.2) is 10.8 Å². The van der Waals surface area contributed by atoms with E-state index in [2.05, 4.69) is 14.7 Å². The smallest absolute Gasteiger partial charge is 0.256 e. The van der Waals surface area contributed by atoms with E-state index in [9.17, 15) is 13.2 Å². The van der Waals surface area contributed by atoms with Crippen LogP contribution in [0.4, 0.5) is 0 Å². The highest BCUT2D eigenvalue weighted by atomic mass is 32.2. The van der Waals surface area contributed by atoms with Crippen molar-refractivity contribution in [3.8, 4) is 5.69 Å². The summed E-state index contributed by atoms with van der Waals surface area (Å²) in [6.07, 6.45) is 3.44. The molecule has 0 aliphatic carbocycles. The summed E-state index contributed by atoms with van der Waals surface area (Å²) >= 11 is 1.34. The number of rotatable bonds is 4. The second-order valence-corrected chi connectivity index (χ2v) is 7.45. The molecule has 9 heteroatoms. The number of nitrogens with one attached hydrogen (secondary N) is 1. The molecule has 3 aromatic rings. The van der Waals surface area contributed by atoms with Gasteiger partial charge in [-0.15, -0.1) is 0 Å². The van der Waals surface area contributed by atoms with Crippen molar-refractivity contribution in [2.45, 2.75) is 10.1 Å². The van der Waals surface area contributed by atoms with Gasteiger partial charge in [-0.05, 0) is 31.5 Å². The molecule has 2 aromatic heterocycles. The van der Waals surface area contributed by atoms with Gasteiger partial charge in [-0.25, -0.2) is 23.1 Å². The number of aromatic nitrogens is 3. The molecule has 0 saturated heterocycles. The molecule has 0 amide bonds. The Balaban J connectivity index is 2.44. The molecule has 0 unspecified atom stereocenters. The highest BCUT2D eigenvalue weighted by molar-refractivity contribution is 7.98. The monoisotopic (exact) mass is 362 g/mol. The summed E-state index contributed by atoms with van der Waals surface area (Å²) in [6, 6.07) is 9.29. The first kappa shape index (κ1) is 16.6. The van der Waals surface area contributed by atoms with E-state index in [0.717, 1.165) is 0 Å². The van der Waals surface area contributed by atoms with Crippen LogP contribution in [0.1, 0.15) is 0 Å². The van der Waals surface area contributed by atoms with Crippen molar-refractivity contribution in [1.82, 2.24) is 19.3 Å². The average Bonchev–Trinajstić information content (AvgIpc) is 2.61. The first-order valence-electron chi connectivity index (χ1n) is 6.93. The van der Waals surface area contributed by atoms with Crippen LogP contribution in [0, 0.1) is 0 Å². The van der Waals surface area contributed by atoms with E-state index in [1.165, 1.54) is 35.5 Å². The maximum atomic E-state index is 12.5. The zero-order valence-corrected chi connectivity index (χ0v) is 14.6. The molecule has 24 heavy (non-hydrogen) atoms. The Morgan fingerprint density at radius 3 is 2.62 bits per heavy atom. The van der Waals surface area contributed by atoms with Crippen LogP contribution in [0.15, 0.2) is 57.4 Å². The summed E-state index contributed by atoms with van der Waals surface area (Å²) in [5, 5.41) is 1.14. The molecule has 0 aliphatic heterocycles. The molecule has 1 N–H and O–H groups in total. The lowest BCUT2D eigenvalue weighted by Crippen LogP contribution is -2.24. The van der Waals surface area contributed by atoms with E-state index in [4.69, 9.17) is 0 Å². The molecule has 0 spiro atoms. The van der Waals surface area contributed by atoms with Gasteiger partial charge in [0.05, 0.1) is 5.69 Å². The molecule has 124 valence electrons. The summed E-state index contributed by atoms with van der Waals surface area (Å²) in [7, 11) is -2.41. The lowest BCUT2D eigenvalue weighted by atomic mass is 10.2. The lowest BCUT2D eigenvalue weighted by molar-refractivity contribution is 0.587. The molecule has 0 fully saturated rings. The van der Waals surface area contributed by atoms with Gasteiger partial charge in [-0.3, -0.25) is 9.36 Å². The number of fused-ring (bicyclic) bond motifs is 1. The van der Waals surface area contributed by atoms with E-state index < -0.39 is 10.0 Å². The minimum Gasteiger partial charge on any atom is -0.269 e. The van der Waals surface area contributed by atoms with Crippen LogP contribution in [0.25, 0.3) is 16.7 Å². The van der Waals surface area contributed by atoms with Gasteiger partial charge >= 0.3 is 0 Å². The quantitative estimate of drug-likeness (QED) is 0.557.